The third-order valence-electron chi connectivity index (χ3n) is 3.88. The van der Waals surface area contributed by atoms with Crippen molar-refractivity contribution in [3.05, 3.63) is 18.2 Å². The predicted molar refractivity (Wildman–Crippen MR) is 81.2 cm³/mol. The lowest BCUT2D eigenvalue weighted by atomic mass is 9.78. The van der Waals surface area contributed by atoms with E-state index in [2.05, 4.69) is 24.1 Å². The molecule has 0 aliphatic heterocycles. The van der Waals surface area contributed by atoms with Gasteiger partial charge in [0.25, 0.3) is 0 Å². The highest BCUT2D eigenvalue weighted by Crippen LogP contribution is 2.28. The van der Waals surface area contributed by atoms with Gasteiger partial charge in [-0.2, -0.15) is 0 Å². The molecule has 0 aliphatic rings. The first-order valence-electron chi connectivity index (χ1n) is 7.54. The molecule has 0 aliphatic carbocycles. The van der Waals surface area contributed by atoms with Crippen LogP contribution >= 0.6 is 0 Å². The van der Waals surface area contributed by atoms with Gasteiger partial charge in [-0.15, -0.1) is 0 Å². The van der Waals surface area contributed by atoms with Crippen molar-refractivity contribution in [2.75, 3.05) is 13.1 Å². The molecular weight excluding hydrogens is 252 g/mol. The number of hydrogen-bond donors (Lipinski definition) is 2. The zero-order valence-electron chi connectivity index (χ0n) is 13.0. The minimum Gasteiger partial charge on any atom is -0.355 e. The van der Waals surface area contributed by atoms with E-state index in [-0.39, 0.29) is 5.91 Å². The van der Waals surface area contributed by atoms with Gasteiger partial charge in [0, 0.05) is 39.0 Å². The summed E-state index contributed by atoms with van der Waals surface area (Å²) in [4.78, 5) is 16.7. The molecule has 0 aromatic carbocycles. The number of aromatic nitrogens is 2. The molecule has 5 nitrogen and oxygen atoms in total. The fourth-order valence-electron chi connectivity index (χ4n) is 2.72. The molecule has 0 saturated heterocycles. The first-order chi connectivity index (χ1) is 9.59. The van der Waals surface area contributed by atoms with Crippen LogP contribution in [0.15, 0.2) is 12.4 Å². The summed E-state index contributed by atoms with van der Waals surface area (Å²) in [6.45, 7) is 5.23. The minimum absolute atomic E-state index is 0.0953. The Morgan fingerprint density at radius 1 is 1.40 bits per heavy atom. The Kier molecular flexibility index (Phi) is 6.71. The molecule has 1 aromatic heterocycles. The molecule has 0 unspecified atom stereocenters. The normalized spacial score (nSPS) is 11.6. The van der Waals surface area contributed by atoms with Gasteiger partial charge in [0.2, 0.25) is 5.91 Å². The molecule has 1 aromatic rings. The lowest BCUT2D eigenvalue weighted by Gasteiger charge is -2.30. The molecule has 0 radical (unpaired) electrons. The quantitative estimate of drug-likeness (QED) is 0.722. The van der Waals surface area contributed by atoms with Gasteiger partial charge >= 0.3 is 0 Å². The van der Waals surface area contributed by atoms with Crippen LogP contribution < -0.4 is 11.1 Å². The maximum atomic E-state index is 12.5. The average molecular weight is 280 g/mol. The fourth-order valence-corrected chi connectivity index (χ4v) is 2.72. The van der Waals surface area contributed by atoms with Gasteiger partial charge in [-0.05, 0) is 12.8 Å². The van der Waals surface area contributed by atoms with E-state index in [1.54, 1.807) is 6.20 Å². The molecule has 5 heteroatoms. The van der Waals surface area contributed by atoms with E-state index in [9.17, 15) is 4.79 Å². The SMILES string of the molecule is CCCC(CN)(CCC)C(=O)NCCc1nccn1C. The van der Waals surface area contributed by atoms with Gasteiger partial charge in [-0.1, -0.05) is 26.7 Å². The molecule has 114 valence electrons. The van der Waals surface area contributed by atoms with Crippen LogP contribution in [0.4, 0.5) is 0 Å². The van der Waals surface area contributed by atoms with Gasteiger partial charge in [0.05, 0.1) is 5.41 Å². The Balaban J connectivity index is 2.55. The molecular formula is C15H28N4O. The third kappa shape index (κ3) is 4.07. The standard InChI is InChI=1S/C15H28N4O/c1-4-7-15(12-16,8-5-2)14(20)18-9-6-13-17-10-11-19(13)3/h10-11H,4-9,12,16H2,1-3H3,(H,18,20). The van der Waals surface area contributed by atoms with E-state index >= 15 is 0 Å². The number of nitrogens with zero attached hydrogens (tertiary/aromatic N) is 2. The number of rotatable bonds is 9. The zero-order chi connectivity index (χ0) is 15.0. The Hall–Kier alpha value is -1.36. The van der Waals surface area contributed by atoms with Crippen molar-refractivity contribution in [3.63, 3.8) is 0 Å². The van der Waals surface area contributed by atoms with E-state index in [0.29, 0.717) is 13.1 Å². The Morgan fingerprint density at radius 3 is 2.50 bits per heavy atom. The molecule has 0 fully saturated rings. The van der Waals surface area contributed by atoms with E-state index in [0.717, 1.165) is 37.9 Å². The molecule has 0 atom stereocenters. The summed E-state index contributed by atoms with van der Waals surface area (Å²) in [6.07, 6.45) is 8.09. The summed E-state index contributed by atoms with van der Waals surface area (Å²) >= 11 is 0. The van der Waals surface area contributed by atoms with Crippen LogP contribution in [0.3, 0.4) is 0 Å². The summed E-state index contributed by atoms with van der Waals surface area (Å²) in [7, 11) is 1.96. The number of carbonyl (C=O) groups is 1. The van der Waals surface area contributed by atoms with Gasteiger partial charge in [0.1, 0.15) is 5.82 Å². The minimum atomic E-state index is -0.398. The van der Waals surface area contributed by atoms with Crippen LogP contribution in [0.2, 0.25) is 0 Å². The first-order valence-corrected chi connectivity index (χ1v) is 7.54. The summed E-state index contributed by atoms with van der Waals surface area (Å²) in [5.41, 5.74) is 5.50. The maximum Gasteiger partial charge on any atom is 0.227 e. The van der Waals surface area contributed by atoms with Crippen molar-refractivity contribution in [1.82, 2.24) is 14.9 Å². The Bertz CT molecular complexity index is 408. The van der Waals surface area contributed by atoms with Crippen LogP contribution in [0.1, 0.15) is 45.4 Å². The van der Waals surface area contributed by atoms with Crippen LogP contribution in [0.25, 0.3) is 0 Å². The third-order valence-corrected chi connectivity index (χ3v) is 3.88. The van der Waals surface area contributed by atoms with E-state index in [4.69, 9.17) is 5.73 Å². The van der Waals surface area contributed by atoms with Crippen LogP contribution in [0, 0.1) is 5.41 Å². The molecule has 0 saturated carbocycles. The number of imidazole rings is 1. The second-order valence-electron chi connectivity index (χ2n) is 5.44. The summed E-state index contributed by atoms with van der Waals surface area (Å²) < 4.78 is 1.97. The van der Waals surface area contributed by atoms with Gasteiger partial charge in [-0.25, -0.2) is 4.98 Å². The van der Waals surface area contributed by atoms with E-state index in [1.165, 1.54) is 0 Å². The lowest BCUT2D eigenvalue weighted by Crippen LogP contribution is -2.46. The van der Waals surface area contributed by atoms with Crippen LogP contribution in [-0.4, -0.2) is 28.5 Å². The average Bonchev–Trinajstić information content (AvgIpc) is 2.84. The molecule has 1 rings (SSSR count). The van der Waals surface area contributed by atoms with Gasteiger partial charge in [0.15, 0.2) is 0 Å². The van der Waals surface area contributed by atoms with Crippen LogP contribution in [0.5, 0.6) is 0 Å². The molecule has 0 spiro atoms. The van der Waals surface area contributed by atoms with Crippen molar-refractivity contribution in [3.8, 4) is 0 Å². The van der Waals surface area contributed by atoms with Crippen molar-refractivity contribution < 1.29 is 4.79 Å². The topological polar surface area (TPSA) is 72.9 Å². The van der Waals surface area contributed by atoms with Crippen LogP contribution in [-0.2, 0) is 18.3 Å². The summed E-state index contributed by atoms with van der Waals surface area (Å²) in [5, 5.41) is 3.04. The van der Waals surface area contributed by atoms with Gasteiger partial charge < -0.3 is 15.6 Å². The van der Waals surface area contributed by atoms with Gasteiger partial charge in [-0.3, -0.25) is 4.79 Å². The highest BCUT2D eigenvalue weighted by molar-refractivity contribution is 5.82. The Morgan fingerprint density at radius 2 is 2.05 bits per heavy atom. The molecule has 20 heavy (non-hydrogen) atoms. The summed E-state index contributed by atoms with van der Waals surface area (Å²) in [5.74, 6) is 1.08. The molecule has 1 heterocycles. The second kappa shape index (κ2) is 8.04. The number of carbonyl (C=O) groups excluding carboxylic acids is 1. The number of nitrogens with one attached hydrogen (secondary N) is 1. The lowest BCUT2D eigenvalue weighted by molar-refractivity contribution is -0.131. The predicted octanol–water partition coefficient (Wildman–Crippen LogP) is 1.62. The Labute approximate surface area is 122 Å². The molecule has 0 bridgehead atoms. The van der Waals surface area contributed by atoms with E-state index < -0.39 is 5.41 Å². The van der Waals surface area contributed by atoms with Crippen molar-refractivity contribution in [2.24, 2.45) is 18.2 Å². The highest BCUT2D eigenvalue weighted by Gasteiger charge is 2.34. The summed E-state index contributed by atoms with van der Waals surface area (Å²) in [6, 6.07) is 0. The number of nitrogens with two attached hydrogens (primary N) is 1. The molecule has 3 N–H and O–H groups in total. The number of amides is 1. The fraction of sp³-hybridized carbons (Fsp3) is 0.733. The maximum absolute atomic E-state index is 12.5. The van der Waals surface area contributed by atoms with Crippen molar-refractivity contribution in [1.29, 1.82) is 0 Å². The largest absolute Gasteiger partial charge is 0.355 e. The number of aryl methyl sites for hydroxylation is 1. The smallest absolute Gasteiger partial charge is 0.227 e. The van der Waals surface area contributed by atoms with Crippen molar-refractivity contribution in [2.45, 2.75) is 46.0 Å². The van der Waals surface area contributed by atoms with Crippen molar-refractivity contribution >= 4 is 5.91 Å². The zero-order valence-corrected chi connectivity index (χ0v) is 13.0. The molecule has 1 amide bonds. The monoisotopic (exact) mass is 280 g/mol. The highest BCUT2D eigenvalue weighted by atomic mass is 16.2. The second-order valence-corrected chi connectivity index (χ2v) is 5.44. The van der Waals surface area contributed by atoms with E-state index in [1.807, 2.05) is 17.8 Å². The number of hydrogen-bond acceptors (Lipinski definition) is 3. The first kappa shape index (κ1) is 16.7.